The van der Waals surface area contributed by atoms with Crippen LogP contribution in [0.15, 0.2) is 12.4 Å². The monoisotopic (exact) mass is 261 g/mol. The van der Waals surface area contributed by atoms with E-state index >= 15 is 0 Å². The van der Waals surface area contributed by atoms with E-state index in [2.05, 4.69) is 9.97 Å². The van der Waals surface area contributed by atoms with E-state index in [-0.39, 0.29) is 17.5 Å². The number of halogens is 1. The number of hydrogen-bond acceptors (Lipinski definition) is 5. The van der Waals surface area contributed by atoms with Crippen LogP contribution in [0.1, 0.15) is 6.42 Å². The second-order valence-corrected chi connectivity index (χ2v) is 6.43. The van der Waals surface area contributed by atoms with Gasteiger partial charge in [-0.3, -0.25) is 0 Å². The topological polar surface area (TPSA) is 63.2 Å². The van der Waals surface area contributed by atoms with Crippen LogP contribution < -0.4 is 4.90 Å². The first-order chi connectivity index (χ1) is 7.49. The number of hydrogen-bond donors (Lipinski definition) is 0. The van der Waals surface area contributed by atoms with Crippen molar-refractivity contribution < 1.29 is 8.42 Å². The fourth-order valence-corrected chi connectivity index (χ4v) is 3.82. The third-order valence-corrected chi connectivity index (χ3v) is 4.74. The third-order valence-electron chi connectivity index (χ3n) is 2.73. The molecule has 0 bridgehead atoms. The Labute approximate surface area is 99.4 Å². The van der Waals surface area contributed by atoms with Gasteiger partial charge in [-0.25, -0.2) is 18.4 Å². The molecule has 1 aliphatic heterocycles. The molecule has 1 unspecified atom stereocenters. The lowest BCUT2D eigenvalue weighted by molar-refractivity contribution is 0.600. The van der Waals surface area contributed by atoms with Gasteiger partial charge in [0.25, 0.3) is 0 Å². The highest BCUT2D eigenvalue weighted by Gasteiger charge is 2.31. The molecule has 88 valence electrons. The fourth-order valence-electron chi connectivity index (χ4n) is 1.80. The molecule has 0 amide bonds. The normalized spacial score (nSPS) is 23.2. The van der Waals surface area contributed by atoms with Gasteiger partial charge in [0.1, 0.15) is 0 Å². The van der Waals surface area contributed by atoms with Crippen LogP contribution in [-0.4, -0.2) is 43.0 Å². The van der Waals surface area contributed by atoms with Crippen molar-refractivity contribution >= 4 is 27.3 Å². The predicted molar refractivity (Wildman–Crippen MR) is 62.5 cm³/mol. The van der Waals surface area contributed by atoms with Gasteiger partial charge in [0.05, 0.1) is 11.5 Å². The van der Waals surface area contributed by atoms with Crippen LogP contribution in [0, 0.1) is 0 Å². The molecule has 1 saturated heterocycles. The van der Waals surface area contributed by atoms with E-state index in [9.17, 15) is 8.42 Å². The minimum Gasteiger partial charge on any atom is -0.353 e. The van der Waals surface area contributed by atoms with E-state index in [0.717, 1.165) is 0 Å². The van der Waals surface area contributed by atoms with E-state index in [4.69, 9.17) is 11.6 Å². The maximum Gasteiger partial charge on any atom is 0.171 e. The molecule has 7 heteroatoms. The van der Waals surface area contributed by atoms with Gasteiger partial charge in [-0.05, 0) is 6.42 Å². The summed E-state index contributed by atoms with van der Waals surface area (Å²) in [5.74, 6) is 0.933. The van der Waals surface area contributed by atoms with Crippen LogP contribution in [0.3, 0.4) is 0 Å². The van der Waals surface area contributed by atoms with Crippen LogP contribution in [0.4, 0.5) is 5.82 Å². The van der Waals surface area contributed by atoms with E-state index in [1.807, 2.05) is 0 Å². The van der Waals surface area contributed by atoms with Crippen molar-refractivity contribution in [3.63, 3.8) is 0 Å². The maximum absolute atomic E-state index is 11.4. The first-order valence-electron chi connectivity index (χ1n) is 4.89. The van der Waals surface area contributed by atoms with Crippen molar-refractivity contribution in [1.29, 1.82) is 0 Å². The van der Waals surface area contributed by atoms with Crippen LogP contribution in [0.25, 0.3) is 0 Å². The molecule has 0 radical (unpaired) electrons. The highest BCUT2D eigenvalue weighted by Crippen LogP contribution is 2.25. The van der Waals surface area contributed by atoms with Crippen molar-refractivity contribution in [1.82, 2.24) is 9.97 Å². The SMILES string of the molecule is CN(c1nccnc1Cl)C1CCS(=O)(=O)C1. The zero-order chi connectivity index (χ0) is 11.8. The van der Waals surface area contributed by atoms with Crippen molar-refractivity contribution in [2.45, 2.75) is 12.5 Å². The van der Waals surface area contributed by atoms with Gasteiger partial charge in [-0.2, -0.15) is 0 Å². The molecular formula is C9H12ClN3O2S. The van der Waals surface area contributed by atoms with Gasteiger partial charge in [-0.1, -0.05) is 11.6 Å². The summed E-state index contributed by atoms with van der Waals surface area (Å²) in [4.78, 5) is 9.82. The van der Waals surface area contributed by atoms with Gasteiger partial charge in [-0.15, -0.1) is 0 Å². The molecular weight excluding hydrogens is 250 g/mol. The van der Waals surface area contributed by atoms with Crippen LogP contribution >= 0.6 is 11.6 Å². The molecule has 1 aromatic rings. The molecule has 1 fully saturated rings. The molecule has 1 aromatic heterocycles. The van der Waals surface area contributed by atoms with Crippen molar-refractivity contribution in [3.8, 4) is 0 Å². The first kappa shape index (κ1) is 11.6. The van der Waals surface area contributed by atoms with E-state index in [0.29, 0.717) is 17.4 Å². The van der Waals surface area contributed by atoms with Gasteiger partial charge in [0, 0.05) is 25.5 Å². The first-order valence-corrected chi connectivity index (χ1v) is 7.09. The summed E-state index contributed by atoms with van der Waals surface area (Å²) < 4.78 is 22.7. The highest BCUT2D eigenvalue weighted by atomic mass is 35.5. The molecule has 1 aliphatic rings. The molecule has 16 heavy (non-hydrogen) atoms. The Morgan fingerprint density at radius 1 is 1.44 bits per heavy atom. The Morgan fingerprint density at radius 2 is 2.12 bits per heavy atom. The number of anilines is 1. The molecule has 0 saturated carbocycles. The molecule has 2 heterocycles. The van der Waals surface area contributed by atoms with E-state index in [1.165, 1.54) is 6.20 Å². The van der Waals surface area contributed by atoms with Gasteiger partial charge in [0.15, 0.2) is 20.8 Å². The molecule has 1 atom stereocenters. The highest BCUT2D eigenvalue weighted by molar-refractivity contribution is 7.91. The number of aromatic nitrogens is 2. The minimum absolute atomic E-state index is 0.0563. The average Bonchev–Trinajstić information content (AvgIpc) is 2.59. The second kappa shape index (κ2) is 4.18. The number of rotatable bonds is 2. The van der Waals surface area contributed by atoms with Gasteiger partial charge in [0.2, 0.25) is 0 Å². The standard InChI is InChI=1S/C9H12ClN3O2S/c1-13(7-2-5-16(14,15)6-7)9-8(10)11-3-4-12-9/h3-4,7H,2,5-6H2,1H3. The number of nitrogens with zero attached hydrogens (tertiary/aromatic N) is 3. The molecule has 5 nitrogen and oxygen atoms in total. The van der Waals surface area contributed by atoms with Gasteiger partial charge >= 0.3 is 0 Å². The molecule has 0 spiro atoms. The molecule has 2 rings (SSSR count). The van der Waals surface area contributed by atoms with E-state index < -0.39 is 9.84 Å². The lowest BCUT2D eigenvalue weighted by atomic mass is 10.2. The summed E-state index contributed by atoms with van der Waals surface area (Å²) in [6.07, 6.45) is 3.66. The largest absolute Gasteiger partial charge is 0.353 e. The zero-order valence-electron chi connectivity index (χ0n) is 8.80. The van der Waals surface area contributed by atoms with Crippen molar-refractivity contribution in [2.75, 3.05) is 23.5 Å². The summed E-state index contributed by atoms with van der Waals surface area (Å²) in [5, 5.41) is 0.300. The summed E-state index contributed by atoms with van der Waals surface area (Å²) in [7, 11) is -1.10. The molecule has 0 N–H and O–H groups in total. The van der Waals surface area contributed by atoms with Crippen LogP contribution in [0.5, 0.6) is 0 Å². The van der Waals surface area contributed by atoms with Crippen LogP contribution in [0.2, 0.25) is 5.15 Å². The maximum atomic E-state index is 11.4. The lowest BCUT2D eigenvalue weighted by Crippen LogP contribution is -2.33. The quantitative estimate of drug-likeness (QED) is 0.786. The Morgan fingerprint density at radius 3 is 2.69 bits per heavy atom. The Hall–Kier alpha value is -0.880. The lowest BCUT2D eigenvalue weighted by Gasteiger charge is -2.24. The van der Waals surface area contributed by atoms with Gasteiger partial charge < -0.3 is 4.90 Å². The Balaban J connectivity index is 2.21. The molecule has 0 aromatic carbocycles. The summed E-state index contributed by atoms with van der Waals surface area (Å²) in [5.41, 5.74) is 0. The van der Waals surface area contributed by atoms with Crippen LogP contribution in [-0.2, 0) is 9.84 Å². The Bertz CT molecular complexity index is 491. The minimum atomic E-state index is -2.89. The van der Waals surface area contributed by atoms with Crippen molar-refractivity contribution in [2.24, 2.45) is 0 Å². The predicted octanol–water partition coefficient (Wildman–Crippen LogP) is 0.753. The average molecular weight is 262 g/mol. The van der Waals surface area contributed by atoms with E-state index in [1.54, 1.807) is 18.1 Å². The smallest absolute Gasteiger partial charge is 0.171 e. The number of sulfone groups is 1. The van der Waals surface area contributed by atoms with Crippen molar-refractivity contribution in [3.05, 3.63) is 17.5 Å². The fraction of sp³-hybridized carbons (Fsp3) is 0.556. The summed E-state index contributed by atoms with van der Waals surface area (Å²) in [6, 6.07) is -0.0563. The third kappa shape index (κ3) is 2.27. The zero-order valence-corrected chi connectivity index (χ0v) is 10.4. The Kier molecular flexibility index (Phi) is 3.03. The second-order valence-electron chi connectivity index (χ2n) is 3.84. The summed E-state index contributed by atoms with van der Waals surface area (Å²) >= 11 is 5.90. The molecule has 0 aliphatic carbocycles. The summed E-state index contributed by atoms with van der Waals surface area (Å²) in [6.45, 7) is 0.